The topological polar surface area (TPSA) is 64.4 Å². The number of benzene rings is 2. The number of amides is 1. The molecule has 6 heteroatoms. The highest BCUT2D eigenvalue weighted by atomic mass is 16.5. The van der Waals surface area contributed by atoms with Crippen LogP contribution in [0, 0.1) is 5.92 Å². The first kappa shape index (κ1) is 31.4. The van der Waals surface area contributed by atoms with Crippen molar-refractivity contribution < 1.29 is 9.53 Å². The Morgan fingerprint density at radius 1 is 0.925 bits per heavy atom. The molecule has 1 atom stereocenters. The van der Waals surface area contributed by atoms with Crippen molar-refractivity contribution in [3.05, 3.63) is 64.7 Å². The standard InChI is InChI=1S/C34H49N3O3/c1-6-9-10-11-12-13-14-19-32(38)36(25-24-26(4)5)31(7-2)33-35-30-18-16-15-17-29(30)34(39)37(33)27-20-22-28(23-21-27)40-8-3/h15-18,20-23,26,31H,6-14,19,24-25H2,1-5H3. The normalized spacial score (nSPS) is 12.2. The number of nitrogens with zero attached hydrogens (tertiary/aromatic N) is 3. The quantitative estimate of drug-likeness (QED) is 0.160. The molecule has 0 bridgehead atoms. The second-order valence-electron chi connectivity index (χ2n) is 11.1. The summed E-state index contributed by atoms with van der Waals surface area (Å²) in [6.45, 7) is 11.9. The van der Waals surface area contributed by atoms with Crippen LogP contribution in [0.15, 0.2) is 53.3 Å². The minimum atomic E-state index is -0.306. The summed E-state index contributed by atoms with van der Waals surface area (Å²) in [4.78, 5) is 34.8. The van der Waals surface area contributed by atoms with Crippen LogP contribution in [0.3, 0.4) is 0 Å². The minimum Gasteiger partial charge on any atom is -0.494 e. The fraction of sp³-hybridized carbons (Fsp3) is 0.559. The van der Waals surface area contributed by atoms with E-state index < -0.39 is 0 Å². The smallest absolute Gasteiger partial charge is 0.266 e. The predicted octanol–water partition coefficient (Wildman–Crippen LogP) is 8.25. The van der Waals surface area contributed by atoms with Gasteiger partial charge in [0, 0.05) is 13.0 Å². The average Bonchev–Trinajstić information content (AvgIpc) is 2.95. The number of carbonyl (C=O) groups is 1. The van der Waals surface area contributed by atoms with Crippen molar-refractivity contribution >= 4 is 16.8 Å². The molecule has 0 saturated heterocycles. The summed E-state index contributed by atoms with van der Waals surface area (Å²) in [7, 11) is 0. The van der Waals surface area contributed by atoms with Crippen LogP contribution in [0.25, 0.3) is 16.6 Å². The maximum Gasteiger partial charge on any atom is 0.266 e. The summed E-state index contributed by atoms with van der Waals surface area (Å²) in [5, 5.41) is 0.568. The number of rotatable bonds is 17. The fourth-order valence-corrected chi connectivity index (χ4v) is 5.25. The molecule has 1 unspecified atom stereocenters. The van der Waals surface area contributed by atoms with Crippen molar-refractivity contribution in [3.8, 4) is 11.4 Å². The molecule has 3 aromatic rings. The van der Waals surface area contributed by atoms with Crippen molar-refractivity contribution in [1.82, 2.24) is 14.5 Å². The van der Waals surface area contributed by atoms with E-state index in [1.807, 2.05) is 60.4 Å². The summed E-state index contributed by atoms with van der Waals surface area (Å²) < 4.78 is 7.34. The third-order valence-electron chi connectivity index (χ3n) is 7.53. The molecule has 2 aromatic carbocycles. The molecule has 3 rings (SSSR count). The number of ether oxygens (including phenoxy) is 1. The Kier molecular flexibility index (Phi) is 12.7. The monoisotopic (exact) mass is 547 g/mol. The van der Waals surface area contributed by atoms with Gasteiger partial charge in [0.25, 0.3) is 5.56 Å². The number of carbonyl (C=O) groups excluding carboxylic acids is 1. The van der Waals surface area contributed by atoms with Crippen molar-refractivity contribution in [3.63, 3.8) is 0 Å². The van der Waals surface area contributed by atoms with Gasteiger partial charge in [0.2, 0.25) is 5.91 Å². The number of unbranched alkanes of at least 4 members (excludes halogenated alkanes) is 6. The Hall–Kier alpha value is -3.15. The van der Waals surface area contributed by atoms with Crippen molar-refractivity contribution in [2.75, 3.05) is 13.2 Å². The van der Waals surface area contributed by atoms with Gasteiger partial charge in [-0.2, -0.15) is 0 Å². The average molecular weight is 548 g/mol. The van der Waals surface area contributed by atoms with Gasteiger partial charge in [0.05, 0.1) is 29.2 Å². The first-order valence-corrected chi connectivity index (χ1v) is 15.5. The zero-order valence-corrected chi connectivity index (χ0v) is 25.3. The lowest BCUT2D eigenvalue weighted by atomic mass is 10.0. The predicted molar refractivity (Wildman–Crippen MR) is 165 cm³/mol. The van der Waals surface area contributed by atoms with E-state index in [0.717, 1.165) is 30.7 Å². The molecular weight excluding hydrogens is 498 g/mol. The van der Waals surface area contributed by atoms with Crippen molar-refractivity contribution in [2.24, 2.45) is 5.92 Å². The second-order valence-corrected chi connectivity index (χ2v) is 11.1. The molecule has 0 fully saturated rings. The van der Waals surface area contributed by atoms with Crippen molar-refractivity contribution in [2.45, 2.75) is 105 Å². The molecule has 0 saturated carbocycles. The highest BCUT2D eigenvalue weighted by Crippen LogP contribution is 2.28. The van der Waals surface area contributed by atoms with Crippen LogP contribution in [0.4, 0.5) is 0 Å². The van der Waals surface area contributed by atoms with E-state index in [4.69, 9.17) is 9.72 Å². The van der Waals surface area contributed by atoms with Crippen LogP contribution in [-0.2, 0) is 4.79 Å². The summed E-state index contributed by atoms with van der Waals surface area (Å²) in [5.74, 6) is 1.99. The number of aromatic nitrogens is 2. The van der Waals surface area contributed by atoms with E-state index in [2.05, 4.69) is 27.7 Å². The molecule has 218 valence electrons. The molecule has 6 nitrogen and oxygen atoms in total. The molecule has 0 aliphatic carbocycles. The molecule has 0 spiro atoms. The molecule has 1 amide bonds. The van der Waals surface area contributed by atoms with Gasteiger partial charge in [0.1, 0.15) is 11.6 Å². The lowest BCUT2D eigenvalue weighted by molar-refractivity contribution is -0.134. The Labute approximate surface area is 240 Å². The van der Waals surface area contributed by atoms with Gasteiger partial charge in [-0.05, 0) is 68.5 Å². The van der Waals surface area contributed by atoms with Gasteiger partial charge in [-0.25, -0.2) is 4.98 Å². The number of hydrogen-bond acceptors (Lipinski definition) is 4. The van der Waals surface area contributed by atoms with Crippen LogP contribution < -0.4 is 10.3 Å². The van der Waals surface area contributed by atoms with Gasteiger partial charge in [0.15, 0.2) is 0 Å². The minimum absolute atomic E-state index is 0.119. The summed E-state index contributed by atoms with van der Waals surface area (Å²) in [5.41, 5.74) is 1.27. The molecule has 0 N–H and O–H groups in total. The Bertz CT molecular complexity index is 1250. The second kappa shape index (κ2) is 16.2. The van der Waals surface area contributed by atoms with Crippen molar-refractivity contribution in [1.29, 1.82) is 0 Å². The van der Waals surface area contributed by atoms with Gasteiger partial charge in [-0.1, -0.05) is 78.4 Å². The molecule has 1 heterocycles. The summed E-state index contributed by atoms with van der Waals surface area (Å²) >= 11 is 0. The Balaban J connectivity index is 1.99. The number of fused-ring (bicyclic) bond motifs is 1. The van der Waals surface area contributed by atoms with E-state index in [0.29, 0.717) is 48.6 Å². The maximum atomic E-state index is 13.9. The molecule has 0 radical (unpaired) electrons. The first-order chi connectivity index (χ1) is 19.4. The van der Waals surface area contributed by atoms with Crippen LogP contribution in [0.2, 0.25) is 0 Å². The number of para-hydroxylation sites is 1. The van der Waals surface area contributed by atoms with E-state index in [1.54, 1.807) is 4.57 Å². The van der Waals surface area contributed by atoms with Crippen LogP contribution in [0.5, 0.6) is 5.75 Å². The maximum absolute atomic E-state index is 13.9. The third-order valence-corrected chi connectivity index (χ3v) is 7.53. The largest absolute Gasteiger partial charge is 0.494 e. The van der Waals surface area contributed by atoms with Gasteiger partial charge < -0.3 is 9.64 Å². The first-order valence-electron chi connectivity index (χ1n) is 15.5. The van der Waals surface area contributed by atoms with Crippen LogP contribution in [0.1, 0.15) is 111 Å². The molecule has 0 aliphatic heterocycles. The molecule has 0 aliphatic rings. The summed E-state index contributed by atoms with van der Waals surface area (Å²) in [6.07, 6.45) is 10.3. The van der Waals surface area contributed by atoms with E-state index in [-0.39, 0.29) is 17.5 Å². The lowest BCUT2D eigenvalue weighted by Gasteiger charge is -2.33. The molecule has 40 heavy (non-hydrogen) atoms. The summed E-state index contributed by atoms with van der Waals surface area (Å²) in [6, 6.07) is 14.7. The van der Waals surface area contributed by atoms with Gasteiger partial charge in [-0.3, -0.25) is 14.2 Å². The van der Waals surface area contributed by atoms with Gasteiger partial charge >= 0.3 is 0 Å². The van der Waals surface area contributed by atoms with Crippen LogP contribution >= 0.6 is 0 Å². The van der Waals surface area contributed by atoms with E-state index in [1.165, 1.54) is 32.1 Å². The zero-order chi connectivity index (χ0) is 28.9. The highest BCUT2D eigenvalue weighted by molar-refractivity contribution is 5.79. The Morgan fingerprint density at radius 2 is 1.60 bits per heavy atom. The third kappa shape index (κ3) is 8.42. The van der Waals surface area contributed by atoms with E-state index >= 15 is 0 Å². The van der Waals surface area contributed by atoms with Crippen LogP contribution in [-0.4, -0.2) is 33.5 Å². The highest BCUT2D eigenvalue weighted by Gasteiger charge is 2.29. The fourth-order valence-electron chi connectivity index (χ4n) is 5.25. The zero-order valence-electron chi connectivity index (χ0n) is 25.3. The molecular formula is C34H49N3O3. The Morgan fingerprint density at radius 3 is 2.25 bits per heavy atom. The molecule has 1 aromatic heterocycles. The van der Waals surface area contributed by atoms with E-state index in [9.17, 15) is 9.59 Å². The van der Waals surface area contributed by atoms with Gasteiger partial charge in [-0.15, -0.1) is 0 Å². The number of hydrogen-bond donors (Lipinski definition) is 0. The SMILES string of the molecule is CCCCCCCCCC(=O)N(CCC(C)C)C(CC)c1nc2ccccc2c(=O)n1-c1ccc(OCC)cc1. The lowest BCUT2D eigenvalue weighted by Crippen LogP contribution is -2.39.